The van der Waals surface area contributed by atoms with Crippen molar-refractivity contribution in [3.8, 4) is 17.1 Å². The first-order valence-electron chi connectivity index (χ1n) is 11.9. The van der Waals surface area contributed by atoms with Gasteiger partial charge in [-0.15, -0.1) is 5.10 Å². The van der Waals surface area contributed by atoms with Gasteiger partial charge in [0.25, 0.3) is 6.43 Å². The number of nitrogens with zero attached hydrogens (tertiary/aromatic N) is 7. The minimum atomic E-state index is -2.71. The molecule has 1 saturated carbocycles. The lowest BCUT2D eigenvalue weighted by atomic mass is 10.1. The van der Waals surface area contributed by atoms with Crippen molar-refractivity contribution in [2.75, 3.05) is 5.32 Å². The van der Waals surface area contributed by atoms with Crippen molar-refractivity contribution in [3.05, 3.63) is 71.7 Å². The van der Waals surface area contributed by atoms with Gasteiger partial charge in [0.15, 0.2) is 5.82 Å². The summed E-state index contributed by atoms with van der Waals surface area (Å²) in [5.41, 5.74) is 3.04. The van der Waals surface area contributed by atoms with E-state index in [2.05, 4.69) is 30.6 Å². The molecule has 0 radical (unpaired) electrons. The summed E-state index contributed by atoms with van der Waals surface area (Å²) in [6, 6.07) is 9.20. The van der Waals surface area contributed by atoms with Gasteiger partial charge in [-0.3, -0.25) is 9.25 Å². The largest absolute Gasteiger partial charge is 0.336 e. The van der Waals surface area contributed by atoms with E-state index in [1.807, 2.05) is 6.92 Å². The number of rotatable bonds is 7. The fraction of sp³-hybridized carbons (Fsp3) is 0.269. The van der Waals surface area contributed by atoms with Crippen molar-refractivity contribution >= 4 is 22.5 Å². The van der Waals surface area contributed by atoms with E-state index in [4.69, 9.17) is 0 Å². The van der Waals surface area contributed by atoms with Crippen molar-refractivity contribution < 1.29 is 13.2 Å². The second-order valence-corrected chi connectivity index (χ2v) is 9.32. The highest BCUT2D eigenvalue weighted by Gasteiger charge is 2.25. The van der Waals surface area contributed by atoms with Crippen LogP contribution in [0.3, 0.4) is 0 Å². The predicted molar refractivity (Wildman–Crippen MR) is 133 cm³/mol. The number of hydrogen-bond acceptors (Lipinski definition) is 6. The maximum Gasteiger partial charge on any atom is 0.265 e. The minimum Gasteiger partial charge on any atom is -0.336 e. The second kappa shape index (κ2) is 8.99. The molecule has 1 N–H and O–H groups in total. The molecule has 188 valence electrons. The standard InChI is InChI=1S/C26H23F3N8/c1-14-3-7-23(34-33-14)31-20-10-21-22(9-19(20)27)37(13-30-21)24-8-6-17(26(28)29)25(32-24)18-12-36(35-15(18)2)11-16-4-5-16/h3,6-10,12-13,16,26H,4-5,11H2,1-2H3,(H,31,34). The smallest absolute Gasteiger partial charge is 0.265 e. The molecule has 0 atom stereocenters. The summed E-state index contributed by atoms with van der Waals surface area (Å²) in [5, 5.41) is 15.4. The highest BCUT2D eigenvalue weighted by Crippen LogP contribution is 2.35. The van der Waals surface area contributed by atoms with Crippen LogP contribution in [0, 0.1) is 25.6 Å². The number of nitrogens with one attached hydrogen (secondary N) is 1. The van der Waals surface area contributed by atoms with E-state index in [1.165, 1.54) is 24.5 Å². The van der Waals surface area contributed by atoms with Gasteiger partial charge >= 0.3 is 0 Å². The molecule has 1 aromatic carbocycles. The van der Waals surface area contributed by atoms with Crippen LogP contribution >= 0.6 is 0 Å². The molecule has 0 saturated heterocycles. The SMILES string of the molecule is Cc1ccc(Nc2cc3ncn(-c4ccc(C(F)F)c(-c5cn(CC6CC6)nc5C)n4)c3cc2F)nn1. The van der Waals surface area contributed by atoms with Crippen molar-refractivity contribution in [2.45, 2.75) is 39.7 Å². The lowest BCUT2D eigenvalue weighted by molar-refractivity contribution is 0.151. The van der Waals surface area contributed by atoms with E-state index in [-0.39, 0.29) is 16.9 Å². The van der Waals surface area contributed by atoms with Gasteiger partial charge in [-0.2, -0.15) is 10.2 Å². The summed E-state index contributed by atoms with van der Waals surface area (Å²) < 4.78 is 46.3. The van der Waals surface area contributed by atoms with Crippen LogP contribution in [0.15, 0.2) is 48.9 Å². The zero-order valence-electron chi connectivity index (χ0n) is 20.2. The number of alkyl halides is 2. The van der Waals surface area contributed by atoms with Crippen LogP contribution in [-0.4, -0.2) is 34.5 Å². The average Bonchev–Trinajstić information content (AvgIpc) is 3.48. The summed E-state index contributed by atoms with van der Waals surface area (Å²) in [6.45, 7) is 4.36. The third-order valence-electron chi connectivity index (χ3n) is 6.43. The zero-order valence-corrected chi connectivity index (χ0v) is 20.2. The van der Waals surface area contributed by atoms with Crippen LogP contribution in [-0.2, 0) is 6.54 Å². The number of imidazole rings is 1. The summed E-state index contributed by atoms with van der Waals surface area (Å²) in [4.78, 5) is 8.98. The number of anilines is 2. The fourth-order valence-electron chi connectivity index (χ4n) is 4.31. The van der Waals surface area contributed by atoms with Crippen molar-refractivity contribution in [1.82, 2.24) is 34.5 Å². The number of hydrogen-bond donors (Lipinski definition) is 1. The third-order valence-corrected chi connectivity index (χ3v) is 6.43. The lowest BCUT2D eigenvalue weighted by Crippen LogP contribution is -2.02. The second-order valence-electron chi connectivity index (χ2n) is 9.32. The molecule has 5 aromatic rings. The number of aromatic nitrogens is 7. The quantitative estimate of drug-likeness (QED) is 0.296. The van der Waals surface area contributed by atoms with Crippen LogP contribution in [0.1, 0.15) is 36.2 Å². The Bertz CT molecular complexity index is 1600. The summed E-state index contributed by atoms with van der Waals surface area (Å²) in [5.74, 6) is 0.805. The zero-order chi connectivity index (χ0) is 25.7. The summed E-state index contributed by atoms with van der Waals surface area (Å²) >= 11 is 0. The third kappa shape index (κ3) is 4.52. The van der Waals surface area contributed by atoms with Gasteiger partial charge in [0.05, 0.1) is 33.8 Å². The van der Waals surface area contributed by atoms with Gasteiger partial charge in [-0.1, -0.05) is 0 Å². The Morgan fingerprint density at radius 2 is 1.92 bits per heavy atom. The first-order valence-corrected chi connectivity index (χ1v) is 11.9. The molecular formula is C26H23F3N8. The van der Waals surface area contributed by atoms with Crippen LogP contribution in [0.25, 0.3) is 28.1 Å². The number of benzene rings is 1. The molecule has 11 heteroatoms. The first kappa shape index (κ1) is 23.1. The van der Waals surface area contributed by atoms with Crippen molar-refractivity contribution in [3.63, 3.8) is 0 Å². The van der Waals surface area contributed by atoms with E-state index < -0.39 is 12.2 Å². The molecule has 4 heterocycles. The van der Waals surface area contributed by atoms with Crippen LogP contribution < -0.4 is 5.32 Å². The minimum absolute atomic E-state index is 0.158. The fourth-order valence-corrected chi connectivity index (χ4v) is 4.31. The van der Waals surface area contributed by atoms with Gasteiger partial charge < -0.3 is 5.32 Å². The molecule has 0 spiro atoms. The number of aryl methyl sites for hydroxylation is 2. The van der Waals surface area contributed by atoms with E-state index in [0.29, 0.717) is 39.8 Å². The Balaban J connectivity index is 1.39. The van der Waals surface area contributed by atoms with Gasteiger partial charge in [-0.25, -0.2) is 23.1 Å². The van der Waals surface area contributed by atoms with Gasteiger partial charge in [0.1, 0.15) is 18.0 Å². The molecule has 0 aliphatic heterocycles. The van der Waals surface area contributed by atoms with Gasteiger partial charge in [0, 0.05) is 29.9 Å². The van der Waals surface area contributed by atoms with E-state index >= 15 is 4.39 Å². The Hall–Kier alpha value is -4.28. The Morgan fingerprint density at radius 1 is 1.08 bits per heavy atom. The normalized spacial score (nSPS) is 13.6. The predicted octanol–water partition coefficient (Wildman–Crippen LogP) is 5.92. The maximum atomic E-state index is 15.1. The van der Waals surface area contributed by atoms with Crippen molar-refractivity contribution in [2.24, 2.45) is 5.92 Å². The lowest BCUT2D eigenvalue weighted by Gasteiger charge is -2.12. The summed E-state index contributed by atoms with van der Waals surface area (Å²) in [7, 11) is 0. The molecule has 1 aliphatic rings. The molecule has 4 aromatic heterocycles. The molecule has 0 unspecified atom stereocenters. The monoisotopic (exact) mass is 504 g/mol. The Kier molecular flexibility index (Phi) is 5.62. The molecular weight excluding hydrogens is 481 g/mol. The van der Waals surface area contributed by atoms with Gasteiger partial charge in [0.2, 0.25) is 0 Å². The number of halogens is 3. The Morgan fingerprint density at radius 3 is 2.65 bits per heavy atom. The maximum absolute atomic E-state index is 15.1. The van der Waals surface area contributed by atoms with E-state index in [9.17, 15) is 8.78 Å². The van der Waals surface area contributed by atoms with Crippen LogP contribution in [0.5, 0.6) is 0 Å². The molecule has 6 rings (SSSR count). The average molecular weight is 505 g/mol. The first-order chi connectivity index (χ1) is 17.9. The molecule has 8 nitrogen and oxygen atoms in total. The highest BCUT2D eigenvalue weighted by atomic mass is 19.3. The van der Waals surface area contributed by atoms with Crippen LogP contribution in [0.2, 0.25) is 0 Å². The molecule has 0 amide bonds. The van der Waals surface area contributed by atoms with E-state index in [1.54, 1.807) is 40.6 Å². The molecule has 0 bridgehead atoms. The molecule has 1 fully saturated rings. The number of pyridine rings is 1. The number of fused-ring (bicyclic) bond motifs is 1. The molecule has 37 heavy (non-hydrogen) atoms. The van der Waals surface area contributed by atoms with E-state index in [0.717, 1.165) is 25.1 Å². The highest BCUT2D eigenvalue weighted by molar-refractivity contribution is 5.82. The Labute approximate surface area is 210 Å². The van der Waals surface area contributed by atoms with Gasteiger partial charge in [-0.05, 0) is 62.9 Å². The van der Waals surface area contributed by atoms with Crippen molar-refractivity contribution in [1.29, 1.82) is 0 Å². The topological polar surface area (TPSA) is 86.3 Å². The van der Waals surface area contributed by atoms with Crippen LogP contribution in [0.4, 0.5) is 24.7 Å². The summed E-state index contributed by atoms with van der Waals surface area (Å²) in [6.07, 6.45) is 2.88. The molecule has 1 aliphatic carbocycles.